The summed E-state index contributed by atoms with van der Waals surface area (Å²) in [5.41, 5.74) is 4.79. The molecule has 0 unspecified atom stereocenters. The van der Waals surface area contributed by atoms with Crippen LogP contribution in [0.4, 0.5) is 9.59 Å². The van der Waals surface area contributed by atoms with Crippen LogP contribution in [-0.4, -0.2) is 49.4 Å². The summed E-state index contributed by atoms with van der Waals surface area (Å²) in [6, 6.07) is 24.8. The summed E-state index contributed by atoms with van der Waals surface area (Å²) in [6.45, 7) is 5.84. The van der Waals surface area contributed by atoms with Crippen molar-refractivity contribution < 1.29 is 23.9 Å². The van der Waals surface area contributed by atoms with Crippen molar-refractivity contribution in [1.82, 2.24) is 16.0 Å². The van der Waals surface area contributed by atoms with Crippen LogP contribution >= 0.6 is 0 Å². The summed E-state index contributed by atoms with van der Waals surface area (Å²) in [7, 11) is 0. The molecule has 3 amide bonds. The molecule has 8 nitrogen and oxygen atoms in total. The Labute approximate surface area is 229 Å². The number of hydrogen-bond acceptors (Lipinski definition) is 5. The molecule has 4 rings (SSSR count). The van der Waals surface area contributed by atoms with Gasteiger partial charge in [0, 0.05) is 25.4 Å². The summed E-state index contributed by atoms with van der Waals surface area (Å²) in [5, 5.41) is 8.11. The van der Waals surface area contributed by atoms with Crippen LogP contribution < -0.4 is 16.0 Å². The number of amides is 3. The van der Waals surface area contributed by atoms with E-state index in [9.17, 15) is 14.4 Å². The Balaban J connectivity index is 1.35. The molecule has 0 saturated carbocycles. The molecule has 0 bridgehead atoms. The first kappa shape index (κ1) is 27.7. The van der Waals surface area contributed by atoms with Crippen molar-refractivity contribution in [2.45, 2.75) is 44.8 Å². The number of ether oxygens (including phenoxy) is 2. The third kappa shape index (κ3) is 7.60. The van der Waals surface area contributed by atoms with Crippen LogP contribution in [0.25, 0.3) is 11.1 Å². The van der Waals surface area contributed by atoms with Gasteiger partial charge >= 0.3 is 12.2 Å². The molecule has 3 aromatic rings. The molecule has 0 heterocycles. The smallest absolute Gasteiger partial charge is 0.407 e. The van der Waals surface area contributed by atoms with Crippen molar-refractivity contribution >= 4 is 18.1 Å². The zero-order valence-electron chi connectivity index (χ0n) is 22.5. The lowest BCUT2D eigenvalue weighted by molar-refractivity contribution is -0.123. The Morgan fingerprint density at radius 3 is 1.95 bits per heavy atom. The standard InChI is InChI=1S/C31H35N3O5/c1-31(2,3)39-29(36)33-18-17-32-28(35)27(19-21-11-5-4-6-12-21)34-30(37)38-20-26-24-15-9-7-13-22(24)23-14-8-10-16-25(23)26/h4-16,26-27H,17-20H2,1-3H3,(H,32,35)(H,33,36)(H,34,37)/t27-/m0/s1. The van der Waals surface area contributed by atoms with Crippen LogP contribution in [0.1, 0.15) is 43.4 Å². The highest BCUT2D eigenvalue weighted by Gasteiger charge is 2.30. The Bertz CT molecular complexity index is 1260. The zero-order chi connectivity index (χ0) is 27.8. The zero-order valence-corrected chi connectivity index (χ0v) is 22.5. The predicted octanol–water partition coefficient (Wildman–Crippen LogP) is 4.78. The van der Waals surface area contributed by atoms with Crippen molar-refractivity contribution in [2.75, 3.05) is 19.7 Å². The summed E-state index contributed by atoms with van der Waals surface area (Å²) in [4.78, 5) is 37.8. The van der Waals surface area contributed by atoms with E-state index in [0.717, 1.165) is 27.8 Å². The number of carbonyl (C=O) groups is 3. The van der Waals surface area contributed by atoms with Gasteiger partial charge in [-0.25, -0.2) is 9.59 Å². The minimum atomic E-state index is -0.857. The maximum Gasteiger partial charge on any atom is 0.407 e. The topological polar surface area (TPSA) is 106 Å². The van der Waals surface area contributed by atoms with Crippen molar-refractivity contribution in [3.05, 3.63) is 95.6 Å². The maximum absolute atomic E-state index is 13.0. The van der Waals surface area contributed by atoms with Crippen LogP contribution in [-0.2, 0) is 20.7 Å². The molecular weight excluding hydrogens is 494 g/mol. The van der Waals surface area contributed by atoms with E-state index >= 15 is 0 Å². The average Bonchev–Trinajstić information content (AvgIpc) is 3.23. The van der Waals surface area contributed by atoms with E-state index in [2.05, 4.69) is 40.2 Å². The summed E-state index contributed by atoms with van der Waals surface area (Å²) >= 11 is 0. The van der Waals surface area contributed by atoms with E-state index in [1.165, 1.54) is 0 Å². The predicted molar refractivity (Wildman–Crippen MR) is 149 cm³/mol. The first-order valence-corrected chi connectivity index (χ1v) is 13.1. The molecular formula is C31H35N3O5. The first-order valence-electron chi connectivity index (χ1n) is 13.1. The van der Waals surface area contributed by atoms with E-state index in [0.29, 0.717) is 0 Å². The second kappa shape index (κ2) is 12.5. The number of benzene rings is 3. The lowest BCUT2D eigenvalue weighted by Crippen LogP contribution is -2.49. The molecule has 39 heavy (non-hydrogen) atoms. The third-order valence-electron chi connectivity index (χ3n) is 6.33. The molecule has 204 valence electrons. The first-order chi connectivity index (χ1) is 18.7. The van der Waals surface area contributed by atoms with Gasteiger partial charge in [-0.2, -0.15) is 0 Å². The second-order valence-electron chi connectivity index (χ2n) is 10.4. The molecule has 1 aliphatic rings. The van der Waals surface area contributed by atoms with E-state index in [1.54, 1.807) is 20.8 Å². The van der Waals surface area contributed by atoms with Gasteiger partial charge in [-0.05, 0) is 48.6 Å². The fraction of sp³-hybridized carbons (Fsp3) is 0.323. The maximum atomic E-state index is 13.0. The Morgan fingerprint density at radius 1 is 0.769 bits per heavy atom. The molecule has 0 spiro atoms. The fourth-order valence-corrected chi connectivity index (χ4v) is 4.63. The minimum Gasteiger partial charge on any atom is -0.449 e. The van der Waals surface area contributed by atoms with Crippen molar-refractivity contribution in [1.29, 1.82) is 0 Å². The lowest BCUT2D eigenvalue weighted by atomic mass is 9.98. The largest absolute Gasteiger partial charge is 0.449 e. The van der Waals surface area contributed by atoms with Crippen LogP contribution in [0.5, 0.6) is 0 Å². The van der Waals surface area contributed by atoms with Gasteiger partial charge in [-0.3, -0.25) is 4.79 Å². The number of alkyl carbamates (subject to hydrolysis) is 2. The quantitative estimate of drug-likeness (QED) is 0.346. The lowest BCUT2D eigenvalue weighted by Gasteiger charge is -2.21. The highest BCUT2D eigenvalue weighted by Crippen LogP contribution is 2.44. The fourth-order valence-electron chi connectivity index (χ4n) is 4.63. The van der Waals surface area contributed by atoms with Crippen LogP contribution in [0.15, 0.2) is 78.9 Å². The normalized spacial score (nSPS) is 13.0. The van der Waals surface area contributed by atoms with E-state index in [1.807, 2.05) is 54.6 Å². The van der Waals surface area contributed by atoms with Crippen LogP contribution in [0.2, 0.25) is 0 Å². The van der Waals surface area contributed by atoms with Gasteiger partial charge in [0.15, 0.2) is 0 Å². The van der Waals surface area contributed by atoms with Gasteiger partial charge in [0.05, 0.1) is 0 Å². The Hall–Kier alpha value is -4.33. The van der Waals surface area contributed by atoms with Gasteiger partial charge in [-0.15, -0.1) is 0 Å². The Morgan fingerprint density at radius 2 is 1.33 bits per heavy atom. The van der Waals surface area contributed by atoms with E-state index in [4.69, 9.17) is 9.47 Å². The van der Waals surface area contributed by atoms with Crippen molar-refractivity contribution in [3.63, 3.8) is 0 Å². The Kier molecular flexibility index (Phi) is 8.86. The molecule has 3 aromatic carbocycles. The second-order valence-corrected chi connectivity index (χ2v) is 10.4. The van der Waals surface area contributed by atoms with Gasteiger partial charge in [0.2, 0.25) is 5.91 Å². The molecule has 0 aromatic heterocycles. The number of carbonyl (C=O) groups excluding carboxylic acids is 3. The monoisotopic (exact) mass is 529 g/mol. The molecule has 1 atom stereocenters. The number of rotatable bonds is 9. The highest BCUT2D eigenvalue weighted by atomic mass is 16.6. The highest BCUT2D eigenvalue weighted by molar-refractivity contribution is 5.86. The van der Waals surface area contributed by atoms with Gasteiger partial charge in [0.25, 0.3) is 0 Å². The minimum absolute atomic E-state index is 0.0801. The average molecular weight is 530 g/mol. The molecule has 0 fully saturated rings. The molecule has 8 heteroatoms. The van der Waals surface area contributed by atoms with E-state index < -0.39 is 23.8 Å². The SMILES string of the molecule is CC(C)(C)OC(=O)NCCNC(=O)[C@H](Cc1ccccc1)NC(=O)OCC1c2ccccc2-c2ccccc21. The van der Waals surface area contributed by atoms with Crippen molar-refractivity contribution in [3.8, 4) is 11.1 Å². The molecule has 0 saturated heterocycles. The van der Waals surface area contributed by atoms with Gasteiger partial charge in [-0.1, -0.05) is 78.9 Å². The van der Waals surface area contributed by atoms with Gasteiger partial charge in [0.1, 0.15) is 18.2 Å². The summed E-state index contributed by atoms with van der Waals surface area (Å²) in [6.07, 6.45) is -0.940. The van der Waals surface area contributed by atoms with E-state index in [-0.39, 0.29) is 37.9 Å². The van der Waals surface area contributed by atoms with Crippen molar-refractivity contribution in [2.24, 2.45) is 0 Å². The molecule has 1 aliphatic carbocycles. The number of fused-ring (bicyclic) bond motifs is 3. The van der Waals surface area contributed by atoms with Gasteiger partial charge < -0.3 is 25.4 Å². The summed E-state index contributed by atoms with van der Waals surface area (Å²) < 4.78 is 10.9. The molecule has 0 aliphatic heterocycles. The number of nitrogens with one attached hydrogen (secondary N) is 3. The van der Waals surface area contributed by atoms with Crippen LogP contribution in [0.3, 0.4) is 0 Å². The third-order valence-corrected chi connectivity index (χ3v) is 6.33. The molecule has 3 N–H and O–H groups in total. The summed E-state index contributed by atoms with van der Waals surface area (Å²) in [5.74, 6) is -0.457. The van der Waals surface area contributed by atoms with Crippen LogP contribution in [0, 0.1) is 0 Å². The molecule has 0 radical (unpaired) electrons. The number of hydrogen-bond donors (Lipinski definition) is 3.